The molecule has 0 spiro atoms. The van der Waals surface area contributed by atoms with Crippen molar-refractivity contribution >= 4 is 21.6 Å². The van der Waals surface area contributed by atoms with Crippen LogP contribution in [0.4, 0.5) is 5.69 Å². The van der Waals surface area contributed by atoms with Crippen molar-refractivity contribution in [2.75, 3.05) is 31.6 Å². The number of nitrogens with one attached hydrogen (secondary N) is 1. The number of carbonyl (C=O) groups excluding carboxylic acids is 1. The molecule has 1 fully saturated rings. The van der Waals surface area contributed by atoms with E-state index in [2.05, 4.69) is 5.32 Å². The summed E-state index contributed by atoms with van der Waals surface area (Å²) in [5.74, 6) is -0.101. The molecule has 1 amide bonds. The Balaban J connectivity index is 1.93. The zero-order chi connectivity index (χ0) is 13.5. The molecule has 102 valence electrons. The van der Waals surface area contributed by atoms with Gasteiger partial charge in [-0.2, -0.15) is 4.31 Å². The number of amides is 1. The zero-order valence-electron chi connectivity index (χ0n) is 10.3. The first-order valence-electron chi connectivity index (χ1n) is 6.08. The Bertz CT molecular complexity index is 621. The van der Waals surface area contributed by atoms with E-state index < -0.39 is 10.0 Å². The lowest BCUT2D eigenvalue weighted by atomic mass is 10.2. The topological polar surface area (TPSA) is 75.7 Å². The summed E-state index contributed by atoms with van der Waals surface area (Å²) in [5, 5.41) is 2.69. The Labute approximate surface area is 111 Å². The van der Waals surface area contributed by atoms with Crippen molar-refractivity contribution < 1.29 is 17.9 Å². The van der Waals surface area contributed by atoms with Gasteiger partial charge in [-0.1, -0.05) is 0 Å². The highest BCUT2D eigenvalue weighted by Crippen LogP contribution is 2.27. The van der Waals surface area contributed by atoms with E-state index in [0.29, 0.717) is 32.0 Å². The van der Waals surface area contributed by atoms with E-state index in [4.69, 9.17) is 4.74 Å². The standard InChI is InChI=1S/C12H14N2O4S/c15-12-8-9-7-10(1-2-11(9)13-12)19(16,17)14-3-5-18-6-4-14/h1-2,7H,3-6,8H2,(H,13,15). The van der Waals surface area contributed by atoms with Gasteiger partial charge in [0.2, 0.25) is 15.9 Å². The molecule has 3 rings (SSSR count). The monoisotopic (exact) mass is 282 g/mol. The minimum Gasteiger partial charge on any atom is -0.379 e. The van der Waals surface area contributed by atoms with Gasteiger partial charge in [0.05, 0.1) is 24.5 Å². The van der Waals surface area contributed by atoms with Crippen LogP contribution >= 0.6 is 0 Å². The number of sulfonamides is 1. The van der Waals surface area contributed by atoms with Crippen LogP contribution in [0.3, 0.4) is 0 Å². The molecule has 2 aliphatic rings. The van der Waals surface area contributed by atoms with Crippen LogP contribution in [0.1, 0.15) is 5.56 Å². The van der Waals surface area contributed by atoms with Crippen LogP contribution in [0.15, 0.2) is 23.1 Å². The van der Waals surface area contributed by atoms with Crippen molar-refractivity contribution in [3.8, 4) is 0 Å². The van der Waals surface area contributed by atoms with E-state index in [0.717, 1.165) is 5.56 Å². The highest BCUT2D eigenvalue weighted by molar-refractivity contribution is 7.89. The van der Waals surface area contributed by atoms with Gasteiger partial charge < -0.3 is 10.1 Å². The summed E-state index contributed by atoms with van der Waals surface area (Å²) < 4.78 is 31.4. The van der Waals surface area contributed by atoms with E-state index in [1.807, 2.05) is 0 Å². The zero-order valence-corrected chi connectivity index (χ0v) is 11.1. The van der Waals surface area contributed by atoms with Crippen molar-refractivity contribution in [3.63, 3.8) is 0 Å². The van der Waals surface area contributed by atoms with Crippen LogP contribution in [-0.2, 0) is 26.0 Å². The summed E-state index contributed by atoms with van der Waals surface area (Å²) in [7, 11) is -3.49. The van der Waals surface area contributed by atoms with Crippen LogP contribution in [0.25, 0.3) is 0 Å². The number of nitrogens with zero attached hydrogens (tertiary/aromatic N) is 1. The van der Waals surface area contributed by atoms with Gasteiger partial charge in [0.15, 0.2) is 0 Å². The number of fused-ring (bicyclic) bond motifs is 1. The number of morpholine rings is 1. The maximum atomic E-state index is 12.4. The summed E-state index contributed by atoms with van der Waals surface area (Å²) in [4.78, 5) is 11.5. The first kappa shape index (κ1) is 12.6. The fourth-order valence-electron chi connectivity index (χ4n) is 2.30. The molecule has 0 saturated carbocycles. The third-order valence-corrected chi connectivity index (χ3v) is 5.20. The minimum absolute atomic E-state index is 0.101. The van der Waals surface area contributed by atoms with E-state index in [1.54, 1.807) is 12.1 Å². The lowest BCUT2D eigenvalue weighted by Gasteiger charge is -2.26. The highest BCUT2D eigenvalue weighted by atomic mass is 32.2. The van der Waals surface area contributed by atoms with E-state index in [1.165, 1.54) is 10.4 Å². The first-order valence-corrected chi connectivity index (χ1v) is 7.52. The molecular formula is C12H14N2O4S. The molecular weight excluding hydrogens is 268 g/mol. The SMILES string of the molecule is O=C1Cc2cc(S(=O)(=O)N3CCOCC3)ccc2N1. The van der Waals surface area contributed by atoms with E-state index >= 15 is 0 Å². The molecule has 0 radical (unpaired) electrons. The molecule has 0 bridgehead atoms. The second kappa shape index (κ2) is 4.59. The third-order valence-electron chi connectivity index (χ3n) is 3.31. The predicted molar refractivity (Wildman–Crippen MR) is 68.4 cm³/mol. The van der Waals surface area contributed by atoms with Crippen LogP contribution in [0.5, 0.6) is 0 Å². The molecule has 0 atom stereocenters. The van der Waals surface area contributed by atoms with Gasteiger partial charge in [0.1, 0.15) is 0 Å². The summed E-state index contributed by atoms with van der Waals surface area (Å²) in [6.45, 7) is 1.58. The number of anilines is 1. The normalized spacial score (nSPS) is 20.1. The second-order valence-electron chi connectivity index (χ2n) is 4.56. The predicted octanol–water partition coefficient (Wildman–Crippen LogP) is 0.202. The molecule has 0 unspecified atom stereocenters. The third kappa shape index (κ3) is 2.24. The summed E-state index contributed by atoms with van der Waals surface area (Å²) >= 11 is 0. The van der Waals surface area contributed by atoms with Gasteiger partial charge in [-0.3, -0.25) is 4.79 Å². The molecule has 2 aliphatic heterocycles. The van der Waals surface area contributed by atoms with Crippen molar-refractivity contribution in [2.45, 2.75) is 11.3 Å². The van der Waals surface area contributed by atoms with E-state index in [-0.39, 0.29) is 17.2 Å². The Morgan fingerprint density at radius 1 is 1.21 bits per heavy atom. The highest BCUT2D eigenvalue weighted by Gasteiger charge is 2.28. The molecule has 0 aliphatic carbocycles. The maximum absolute atomic E-state index is 12.4. The van der Waals surface area contributed by atoms with Crippen molar-refractivity contribution in [3.05, 3.63) is 23.8 Å². The van der Waals surface area contributed by atoms with Gasteiger partial charge in [0, 0.05) is 18.8 Å². The molecule has 6 nitrogen and oxygen atoms in total. The first-order chi connectivity index (χ1) is 9.07. The molecule has 1 saturated heterocycles. The average Bonchev–Trinajstić information content (AvgIpc) is 2.78. The maximum Gasteiger partial charge on any atom is 0.243 e. The van der Waals surface area contributed by atoms with Crippen molar-refractivity contribution in [1.82, 2.24) is 4.31 Å². The van der Waals surface area contributed by atoms with Crippen LogP contribution in [-0.4, -0.2) is 44.9 Å². The molecule has 1 aromatic carbocycles. The number of hydrogen-bond donors (Lipinski definition) is 1. The average molecular weight is 282 g/mol. The fourth-order valence-corrected chi connectivity index (χ4v) is 3.76. The van der Waals surface area contributed by atoms with Gasteiger partial charge in [-0.15, -0.1) is 0 Å². The number of ether oxygens (including phenoxy) is 1. The second-order valence-corrected chi connectivity index (χ2v) is 6.50. The van der Waals surface area contributed by atoms with Gasteiger partial charge in [0.25, 0.3) is 0 Å². The molecule has 19 heavy (non-hydrogen) atoms. The Hall–Kier alpha value is -1.44. The van der Waals surface area contributed by atoms with Gasteiger partial charge in [-0.05, 0) is 23.8 Å². The lowest BCUT2D eigenvalue weighted by molar-refractivity contribution is -0.115. The smallest absolute Gasteiger partial charge is 0.243 e. The number of rotatable bonds is 2. The van der Waals surface area contributed by atoms with E-state index in [9.17, 15) is 13.2 Å². The number of hydrogen-bond acceptors (Lipinski definition) is 4. The molecule has 2 heterocycles. The van der Waals surface area contributed by atoms with Crippen LogP contribution < -0.4 is 5.32 Å². The summed E-state index contributed by atoms with van der Waals surface area (Å²) in [6, 6.07) is 4.76. The largest absolute Gasteiger partial charge is 0.379 e. The van der Waals surface area contributed by atoms with Gasteiger partial charge >= 0.3 is 0 Å². The van der Waals surface area contributed by atoms with Crippen LogP contribution in [0.2, 0.25) is 0 Å². The molecule has 1 N–H and O–H groups in total. The molecule has 1 aromatic rings. The van der Waals surface area contributed by atoms with Crippen molar-refractivity contribution in [2.24, 2.45) is 0 Å². The van der Waals surface area contributed by atoms with Crippen molar-refractivity contribution in [1.29, 1.82) is 0 Å². The molecule has 0 aromatic heterocycles. The fraction of sp³-hybridized carbons (Fsp3) is 0.417. The Kier molecular flexibility index (Phi) is 3.04. The Morgan fingerprint density at radius 2 is 1.95 bits per heavy atom. The quantitative estimate of drug-likeness (QED) is 0.841. The van der Waals surface area contributed by atoms with Gasteiger partial charge in [-0.25, -0.2) is 8.42 Å². The Morgan fingerprint density at radius 3 is 2.68 bits per heavy atom. The molecule has 7 heteroatoms. The number of benzene rings is 1. The minimum atomic E-state index is -3.49. The number of carbonyl (C=O) groups is 1. The summed E-state index contributed by atoms with van der Waals surface area (Å²) in [5.41, 5.74) is 1.44. The lowest BCUT2D eigenvalue weighted by Crippen LogP contribution is -2.40. The summed E-state index contributed by atoms with van der Waals surface area (Å²) in [6.07, 6.45) is 0.238. The van der Waals surface area contributed by atoms with Crippen LogP contribution in [0, 0.1) is 0 Å².